The second kappa shape index (κ2) is 6.19. The second-order valence-corrected chi connectivity index (χ2v) is 4.83. The van der Waals surface area contributed by atoms with E-state index in [0.29, 0.717) is 17.8 Å². The first kappa shape index (κ1) is 14.1. The average Bonchev–Trinajstić information content (AvgIpc) is 2.86. The second-order valence-electron chi connectivity index (χ2n) is 4.83. The Morgan fingerprint density at radius 3 is 2.55 bits per heavy atom. The smallest absolute Gasteiger partial charge is 0.338 e. The molecule has 0 aliphatic carbocycles. The van der Waals surface area contributed by atoms with Gasteiger partial charge in [-0.2, -0.15) is 0 Å². The Hall–Kier alpha value is -2.36. The van der Waals surface area contributed by atoms with Crippen LogP contribution in [0.4, 0.5) is 0 Å². The summed E-state index contributed by atoms with van der Waals surface area (Å²) in [5.41, 5.74) is 2.18. The third kappa shape index (κ3) is 3.35. The monoisotopic (exact) mass is 271 g/mol. The fourth-order valence-corrected chi connectivity index (χ4v) is 1.90. The van der Waals surface area contributed by atoms with Crippen molar-refractivity contribution in [3.8, 4) is 0 Å². The number of carbonyl (C=O) groups excluding carboxylic acids is 2. The summed E-state index contributed by atoms with van der Waals surface area (Å²) in [6.45, 7) is 4.24. The van der Waals surface area contributed by atoms with Gasteiger partial charge in [0.25, 0.3) is 0 Å². The Bertz CT molecular complexity index is 596. The van der Waals surface area contributed by atoms with Crippen LogP contribution in [0.15, 0.2) is 42.6 Å². The summed E-state index contributed by atoms with van der Waals surface area (Å²) in [7, 11) is 0. The summed E-state index contributed by atoms with van der Waals surface area (Å²) >= 11 is 0. The van der Waals surface area contributed by atoms with Crippen LogP contribution in [0.25, 0.3) is 0 Å². The molecule has 104 valence electrons. The number of hydrogen-bond donors (Lipinski definition) is 0. The van der Waals surface area contributed by atoms with Crippen molar-refractivity contribution in [2.45, 2.75) is 26.5 Å². The van der Waals surface area contributed by atoms with E-state index in [2.05, 4.69) is 0 Å². The van der Waals surface area contributed by atoms with Crippen LogP contribution >= 0.6 is 0 Å². The Morgan fingerprint density at radius 2 is 1.95 bits per heavy atom. The van der Waals surface area contributed by atoms with Crippen molar-refractivity contribution in [3.63, 3.8) is 0 Å². The molecule has 0 unspecified atom stereocenters. The molecule has 0 aliphatic heterocycles. The predicted molar refractivity (Wildman–Crippen MR) is 75.9 cm³/mol. The zero-order chi connectivity index (χ0) is 14.5. The maximum absolute atomic E-state index is 11.7. The number of hydrogen-bond acceptors (Lipinski definition) is 3. The summed E-state index contributed by atoms with van der Waals surface area (Å²) in [5.74, 6) is -0.318. The highest BCUT2D eigenvalue weighted by molar-refractivity contribution is 5.89. The molecule has 20 heavy (non-hydrogen) atoms. The molecule has 0 bridgehead atoms. The van der Waals surface area contributed by atoms with E-state index in [9.17, 15) is 9.59 Å². The van der Waals surface area contributed by atoms with Gasteiger partial charge in [-0.05, 0) is 43.7 Å². The van der Waals surface area contributed by atoms with E-state index in [1.54, 1.807) is 18.2 Å². The van der Waals surface area contributed by atoms with Crippen LogP contribution in [0.3, 0.4) is 0 Å². The van der Waals surface area contributed by atoms with Gasteiger partial charge in [-0.15, -0.1) is 0 Å². The zero-order valence-electron chi connectivity index (χ0n) is 11.6. The van der Waals surface area contributed by atoms with E-state index in [1.807, 2.05) is 42.8 Å². The molecule has 0 atom stereocenters. The van der Waals surface area contributed by atoms with Gasteiger partial charge in [0.2, 0.25) is 0 Å². The molecule has 1 aromatic carbocycles. The topological polar surface area (TPSA) is 48.3 Å². The van der Waals surface area contributed by atoms with Gasteiger partial charge in [0.15, 0.2) is 6.29 Å². The highest BCUT2D eigenvalue weighted by Gasteiger charge is 2.09. The van der Waals surface area contributed by atoms with E-state index < -0.39 is 0 Å². The number of benzene rings is 1. The quantitative estimate of drug-likeness (QED) is 0.620. The first-order valence-corrected chi connectivity index (χ1v) is 6.50. The molecule has 4 nitrogen and oxygen atoms in total. The highest BCUT2D eigenvalue weighted by atomic mass is 16.5. The maximum atomic E-state index is 11.7. The SMILES string of the molecule is CC(C)OC(=O)c1ccc(Cn2cccc2C=O)cc1. The molecule has 0 aliphatic rings. The van der Waals surface area contributed by atoms with Gasteiger partial charge in [-0.3, -0.25) is 4.79 Å². The molecule has 1 aromatic heterocycles. The lowest BCUT2D eigenvalue weighted by Crippen LogP contribution is -2.11. The van der Waals surface area contributed by atoms with E-state index >= 15 is 0 Å². The van der Waals surface area contributed by atoms with Crippen molar-refractivity contribution in [2.24, 2.45) is 0 Å². The van der Waals surface area contributed by atoms with Crippen LogP contribution in [-0.4, -0.2) is 22.9 Å². The van der Waals surface area contributed by atoms with Crippen molar-refractivity contribution in [1.82, 2.24) is 4.57 Å². The number of ether oxygens (including phenoxy) is 1. The number of aldehydes is 1. The van der Waals surface area contributed by atoms with Gasteiger partial charge >= 0.3 is 5.97 Å². The largest absolute Gasteiger partial charge is 0.459 e. The lowest BCUT2D eigenvalue weighted by molar-refractivity contribution is 0.0378. The van der Waals surface area contributed by atoms with Crippen molar-refractivity contribution in [3.05, 3.63) is 59.4 Å². The fourth-order valence-electron chi connectivity index (χ4n) is 1.90. The number of nitrogens with zero attached hydrogens (tertiary/aromatic N) is 1. The summed E-state index contributed by atoms with van der Waals surface area (Å²) in [6, 6.07) is 10.8. The zero-order valence-corrected chi connectivity index (χ0v) is 11.6. The summed E-state index contributed by atoms with van der Waals surface area (Å²) in [4.78, 5) is 22.6. The maximum Gasteiger partial charge on any atom is 0.338 e. The standard InChI is InChI=1S/C16H17NO3/c1-12(2)20-16(19)14-7-5-13(6-8-14)10-17-9-3-4-15(17)11-18/h3-9,11-12H,10H2,1-2H3. The Morgan fingerprint density at radius 1 is 1.25 bits per heavy atom. The molecule has 0 radical (unpaired) electrons. The first-order valence-electron chi connectivity index (χ1n) is 6.50. The molecule has 0 fully saturated rings. The molecule has 2 aromatic rings. The van der Waals surface area contributed by atoms with E-state index in [1.165, 1.54) is 0 Å². The number of carbonyl (C=O) groups is 2. The van der Waals surface area contributed by atoms with Crippen molar-refractivity contribution < 1.29 is 14.3 Å². The summed E-state index contributed by atoms with van der Waals surface area (Å²) < 4.78 is 6.98. The first-order chi connectivity index (χ1) is 9.60. The van der Waals surface area contributed by atoms with Gasteiger partial charge in [0.1, 0.15) is 0 Å². The summed E-state index contributed by atoms with van der Waals surface area (Å²) in [6.07, 6.45) is 2.55. The molecule has 0 saturated heterocycles. The molecule has 2 rings (SSSR count). The van der Waals surface area contributed by atoms with E-state index in [4.69, 9.17) is 4.74 Å². The van der Waals surface area contributed by atoms with Crippen LogP contribution in [0.1, 0.15) is 40.3 Å². The highest BCUT2D eigenvalue weighted by Crippen LogP contribution is 2.10. The molecule has 1 heterocycles. The fraction of sp³-hybridized carbons (Fsp3) is 0.250. The molecule has 0 N–H and O–H groups in total. The van der Waals surface area contributed by atoms with Crippen molar-refractivity contribution >= 4 is 12.3 Å². The molecular formula is C16H17NO3. The third-order valence-electron chi connectivity index (χ3n) is 2.87. The normalized spacial score (nSPS) is 10.6. The van der Waals surface area contributed by atoms with Crippen molar-refractivity contribution in [2.75, 3.05) is 0 Å². The predicted octanol–water partition coefficient (Wildman–Crippen LogP) is 2.91. The van der Waals surface area contributed by atoms with Crippen LogP contribution in [0.5, 0.6) is 0 Å². The van der Waals surface area contributed by atoms with Gasteiger partial charge in [0, 0.05) is 12.7 Å². The van der Waals surface area contributed by atoms with Crippen LogP contribution < -0.4 is 0 Å². The molecule has 0 saturated carbocycles. The number of rotatable bonds is 5. The van der Waals surface area contributed by atoms with E-state index in [-0.39, 0.29) is 12.1 Å². The minimum Gasteiger partial charge on any atom is -0.459 e. The van der Waals surface area contributed by atoms with Gasteiger partial charge in [-0.1, -0.05) is 12.1 Å². The molecule has 0 amide bonds. The minimum absolute atomic E-state index is 0.128. The van der Waals surface area contributed by atoms with Crippen molar-refractivity contribution in [1.29, 1.82) is 0 Å². The Balaban J connectivity index is 2.09. The average molecular weight is 271 g/mol. The third-order valence-corrected chi connectivity index (χ3v) is 2.87. The van der Waals surface area contributed by atoms with Crippen LogP contribution in [0, 0.1) is 0 Å². The number of aromatic nitrogens is 1. The van der Waals surface area contributed by atoms with Crippen LogP contribution in [-0.2, 0) is 11.3 Å². The summed E-state index contributed by atoms with van der Waals surface area (Å²) in [5, 5.41) is 0. The van der Waals surface area contributed by atoms with Crippen LogP contribution in [0.2, 0.25) is 0 Å². The van der Waals surface area contributed by atoms with E-state index in [0.717, 1.165) is 11.8 Å². The van der Waals surface area contributed by atoms with Gasteiger partial charge in [0.05, 0.1) is 17.4 Å². The van der Waals surface area contributed by atoms with Gasteiger partial charge < -0.3 is 9.30 Å². The molecule has 4 heteroatoms. The lowest BCUT2D eigenvalue weighted by Gasteiger charge is -2.09. The van der Waals surface area contributed by atoms with Gasteiger partial charge in [-0.25, -0.2) is 4.79 Å². The molecular weight excluding hydrogens is 254 g/mol. The Labute approximate surface area is 118 Å². The minimum atomic E-state index is -0.318. The molecule has 0 spiro atoms. The number of esters is 1. The Kier molecular flexibility index (Phi) is 4.35. The lowest BCUT2D eigenvalue weighted by atomic mass is 10.1.